The van der Waals surface area contributed by atoms with Crippen LogP contribution in [0.3, 0.4) is 0 Å². The average molecular weight is 419 g/mol. The molecule has 3 atom stereocenters. The van der Waals surface area contributed by atoms with Crippen LogP contribution in [0.1, 0.15) is 12.5 Å². The first-order valence-corrected chi connectivity index (χ1v) is 11.5. The van der Waals surface area contributed by atoms with Gasteiger partial charge in [-0.1, -0.05) is 12.1 Å². The fourth-order valence-corrected chi connectivity index (χ4v) is 6.37. The first-order chi connectivity index (χ1) is 13.9. The lowest BCUT2D eigenvalue weighted by atomic mass is 10.0. The number of ether oxygens (including phenoxy) is 1. The van der Waals surface area contributed by atoms with E-state index in [0.717, 1.165) is 10.5 Å². The van der Waals surface area contributed by atoms with Crippen molar-refractivity contribution in [3.05, 3.63) is 59.9 Å². The molecule has 6 nitrogen and oxygen atoms in total. The lowest BCUT2D eigenvalue weighted by Crippen LogP contribution is -3.19. The Balaban J connectivity index is 1.61. The van der Waals surface area contributed by atoms with Crippen LogP contribution in [0.15, 0.2) is 48.5 Å². The first-order valence-electron chi connectivity index (χ1n) is 9.70. The van der Waals surface area contributed by atoms with Crippen molar-refractivity contribution in [1.82, 2.24) is 0 Å². The summed E-state index contributed by atoms with van der Waals surface area (Å²) in [6.45, 7) is 3.13. The number of rotatable bonds is 5. The highest BCUT2D eigenvalue weighted by molar-refractivity contribution is 7.91. The second-order valence-electron chi connectivity index (χ2n) is 7.58. The summed E-state index contributed by atoms with van der Waals surface area (Å²) in [5.74, 6) is 0.296. The molecule has 154 valence electrons. The number of piperazine rings is 1. The third-order valence-electron chi connectivity index (χ3n) is 5.60. The van der Waals surface area contributed by atoms with Crippen LogP contribution in [-0.4, -0.2) is 51.1 Å². The number of nitrogens with zero attached hydrogens (tertiary/aromatic N) is 1. The quantitative estimate of drug-likeness (QED) is 0.779. The fraction of sp³-hybridized carbons (Fsp3) is 0.381. The van der Waals surface area contributed by atoms with E-state index in [-0.39, 0.29) is 35.8 Å². The highest BCUT2D eigenvalue weighted by atomic mass is 32.2. The molecule has 0 radical (unpaired) electrons. The Bertz CT molecular complexity index is 992. The number of nitrogens with one attached hydrogen (secondary N) is 1. The Labute approximate surface area is 169 Å². The molecule has 29 heavy (non-hydrogen) atoms. The Morgan fingerprint density at radius 1 is 1.10 bits per heavy atom. The maximum absolute atomic E-state index is 13.2. The van der Waals surface area contributed by atoms with Gasteiger partial charge in [-0.3, -0.25) is 9.69 Å². The zero-order chi connectivity index (χ0) is 20.6. The van der Waals surface area contributed by atoms with E-state index in [2.05, 4.69) is 0 Å². The summed E-state index contributed by atoms with van der Waals surface area (Å²) >= 11 is 0. The van der Waals surface area contributed by atoms with Gasteiger partial charge in [-0.2, -0.15) is 0 Å². The number of fused-ring (bicyclic) bond motifs is 1. The van der Waals surface area contributed by atoms with Crippen molar-refractivity contribution < 1.29 is 27.2 Å². The summed E-state index contributed by atoms with van der Waals surface area (Å²) < 4.78 is 43.5. The molecule has 2 heterocycles. The SMILES string of the molecule is CCOc1ccc(N2C(=O)C[NH+](Cc3ccc(F)cc3)[C@@H]3CS(=O)(=O)C[C@H]32)cc1. The second kappa shape index (κ2) is 7.76. The molecule has 8 heteroatoms. The van der Waals surface area contributed by atoms with Gasteiger partial charge in [0.15, 0.2) is 16.4 Å². The number of carbonyl (C=O) groups excluding carboxylic acids is 1. The van der Waals surface area contributed by atoms with Crippen LogP contribution in [0.5, 0.6) is 5.75 Å². The number of halogens is 1. The van der Waals surface area contributed by atoms with Gasteiger partial charge in [-0.05, 0) is 43.3 Å². The van der Waals surface area contributed by atoms with Crippen LogP contribution in [0.25, 0.3) is 0 Å². The van der Waals surface area contributed by atoms with E-state index in [1.165, 1.54) is 12.1 Å². The van der Waals surface area contributed by atoms with Gasteiger partial charge in [-0.25, -0.2) is 12.8 Å². The number of anilines is 1. The summed E-state index contributed by atoms with van der Waals surface area (Å²) in [5, 5.41) is 0. The largest absolute Gasteiger partial charge is 0.494 e. The first kappa shape index (κ1) is 19.8. The van der Waals surface area contributed by atoms with E-state index in [1.807, 2.05) is 6.92 Å². The monoisotopic (exact) mass is 419 g/mol. The lowest BCUT2D eigenvalue weighted by molar-refractivity contribution is -0.931. The van der Waals surface area contributed by atoms with Gasteiger partial charge >= 0.3 is 0 Å². The third-order valence-corrected chi connectivity index (χ3v) is 7.31. The Morgan fingerprint density at radius 3 is 2.45 bits per heavy atom. The number of amides is 1. The number of carbonyl (C=O) groups is 1. The van der Waals surface area contributed by atoms with E-state index >= 15 is 0 Å². The Kier molecular flexibility index (Phi) is 5.31. The molecule has 2 aliphatic heterocycles. The molecule has 0 saturated carbocycles. The van der Waals surface area contributed by atoms with Crippen LogP contribution in [0, 0.1) is 5.82 Å². The maximum atomic E-state index is 13.2. The topological polar surface area (TPSA) is 68.1 Å². The van der Waals surface area contributed by atoms with Crippen LogP contribution in [0.2, 0.25) is 0 Å². The van der Waals surface area contributed by atoms with Crippen molar-refractivity contribution in [2.24, 2.45) is 0 Å². The molecule has 2 fully saturated rings. The van der Waals surface area contributed by atoms with Crippen LogP contribution in [0.4, 0.5) is 10.1 Å². The van der Waals surface area contributed by atoms with Crippen molar-refractivity contribution in [3.8, 4) is 5.75 Å². The minimum absolute atomic E-state index is 0.0382. The van der Waals surface area contributed by atoms with E-state index in [9.17, 15) is 17.6 Å². The minimum atomic E-state index is -3.24. The molecule has 2 aromatic carbocycles. The predicted octanol–water partition coefficient (Wildman–Crippen LogP) is 0.822. The summed E-state index contributed by atoms with van der Waals surface area (Å²) in [4.78, 5) is 15.6. The molecule has 0 aliphatic carbocycles. The highest BCUT2D eigenvalue weighted by Crippen LogP contribution is 2.28. The van der Waals surface area contributed by atoms with Crippen molar-refractivity contribution in [2.45, 2.75) is 25.6 Å². The molecule has 0 bridgehead atoms. The minimum Gasteiger partial charge on any atom is -0.494 e. The van der Waals surface area contributed by atoms with Gasteiger partial charge in [0.2, 0.25) is 0 Å². The van der Waals surface area contributed by atoms with Crippen LogP contribution >= 0.6 is 0 Å². The molecule has 0 spiro atoms. The van der Waals surface area contributed by atoms with Crippen molar-refractivity contribution in [2.75, 3.05) is 29.6 Å². The van der Waals surface area contributed by atoms with Crippen LogP contribution in [-0.2, 0) is 21.2 Å². The van der Waals surface area contributed by atoms with Gasteiger partial charge in [0.1, 0.15) is 35.9 Å². The van der Waals surface area contributed by atoms with Crippen molar-refractivity contribution in [3.63, 3.8) is 0 Å². The fourth-order valence-electron chi connectivity index (χ4n) is 4.33. The van der Waals surface area contributed by atoms with Gasteiger partial charge in [0.25, 0.3) is 5.91 Å². The standard InChI is InChI=1S/C21H23FN2O4S/c1-2-28-18-9-7-17(8-10-18)24-20-14-29(26,27)13-19(20)23(12-21(24)25)11-15-3-5-16(22)6-4-15/h3-10,19-20H,2,11-14H2,1H3/p+1/t19-,20-/m1/s1. The predicted molar refractivity (Wildman–Crippen MR) is 107 cm³/mol. The van der Waals surface area contributed by atoms with E-state index in [4.69, 9.17) is 4.74 Å². The van der Waals surface area contributed by atoms with Crippen molar-refractivity contribution in [1.29, 1.82) is 0 Å². The zero-order valence-electron chi connectivity index (χ0n) is 16.2. The Morgan fingerprint density at radius 2 is 1.79 bits per heavy atom. The van der Waals surface area contributed by atoms with Gasteiger partial charge < -0.3 is 9.64 Å². The van der Waals surface area contributed by atoms with E-state index in [1.54, 1.807) is 41.3 Å². The van der Waals surface area contributed by atoms with Gasteiger partial charge in [0.05, 0.1) is 12.4 Å². The number of quaternary nitrogens is 1. The molecule has 2 aromatic rings. The molecule has 1 unspecified atom stereocenters. The number of hydrogen-bond donors (Lipinski definition) is 1. The molecule has 2 aliphatic rings. The smallest absolute Gasteiger partial charge is 0.282 e. The third kappa shape index (κ3) is 4.13. The summed E-state index contributed by atoms with van der Waals surface area (Å²) in [6.07, 6.45) is 0. The van der Waals surface area contributed by atoms with Gasteiger partial charge in [-0.15, -0.1) is 0 Å². The zero-order valence-corrected chi connectivity index (χ0v) is 17.0. The van der Waals surface area contributed by atoms with E-state index < -0.39 is 15.9 Å². The highest BCUT2D eigenvalue weighted by Gasteiger charge is 2.52. The van der Waals surface area contributed by atoms with Crippen LogP contribution < -0.4 is 14.5 Å². The average Bonchev–Trinajstić information content (AvgIpc) is 3.00. The molecule has 1 amide bonds. The molecule has 1 N–H and O–H groups in total. The Hall–Kier alpha value is -2.45. The normalized spacial score (nSPS) is 25.7. The molecular weight excluding hydrogens is 395 g/mol. The summed E-state index contributed by atoms with van der Waals surface area (Å²) in [7, 11) is -3.24. The second-order valence-corrected chi connectivity index (χ2v) is 9.73. The molecule has 0 aromatic heterocycles. The van der Waals surface area contributed by atoms with Crippen molar-refractivity contribution >= 4 is 21.4 Å². The number of benzene rings is 2. The summed E-state index contributed by atoms with van der Waals surface area (Å²) in [5.41, 5.74) is 1.57. The molecule has 4 rings (SSSR count). The van der Waals surface area contributed by atoms with Gasteiger partial charge in [0, 0.05) is 11.3 Å². The lowest BCUT2D eigenvalue weighted by Gasteiger charge is -2.40. The van der Waals surface area contributed by atoms with E-state index in [0.29, 0.717) is 24.6 Å². The molecular formula is C21H24FN2O4S+. The molecule has 2 saturated heterocycles. The number of sulfone groups is 1. The summed E-state index contributed by atoms with van der Waals surface area (Å²) in [6, 6.07) is 12.7. The maximum Gasteiger partial charge on any atom is 0.282 e. The number of hydrogen-bond acceptors (Lipinski definition) is 4.